The zero-order valence-electron chi connectivity index (χ0n) is 32.8. The second-order valence-electron chi connectivity index (χ2n) is 10.8. The summed E-state index contributed by atoms with van der Waals surface area (Å²) in [6.07, 6.45) is 1.77. The fourth-order valence-corrected chi connectivity index (χ4v) is 5.84. The third-order valence-corrected chi connectivity index (χ3v) is 8.25. The Morgan fingerprint density at radius 1 is 0.821 bits per heavy atom. The van der Waals surface area contributed by atoms with Gasteiger partial charge in [0.2, 0.25) is 0 Å². The summed E-state index contributed by atoms with van der Waals surface area (Å²) in [6, 6.07) is 33.0. The van der Waals surface area contributed by atoms with Crippen LogP contribution in [0.5, 0.6) is 0 Å². The minimum atomic E-state index is -0.161. The molecule has 2 atom stereocenters. The number of allylic oxidation sites excluding steroid dienone is 2. The Morgan fingerprint density at radius 3 is 1.57 bits per heavy atom. The Morgan fingerprint density at radius 2 is 1.20 bits per heavy atom. The van der Waals surface area contributed by atoms with Crippen LogP contribution in [-0.4, -0.2) is 39.3 Å². The molecule has 4 aromatic rings. The van der Waals surface area contributed by atoms with E-state index in [-0.39, 0.29) is 37.8 Å². The van der Waals surface area contributed by atoms with Crippen molar-refractivity contribution in [3.63, 3.8) is 0 Å². The topological polar surface area (TPSA) is 94.8 Å². The molecule has 2 aliphatic heterocycles. The van der Waals surface area contributed by atoms with Crippen molar-refractivity contribution >= 4 is 73.2 Å². The van der Waals surface area contributed by atoms with Crippen LogP contribution in [0.25, 0.3) is 0 Å². The Bertz CT molecular complexity index is 1700. The van der Waals surface area contributed by atoms with Crippen molar-refractivity contribution in [1.82, 2.24) is 10.5 Å². The first kappa shape index (κ1) is 58.5. The molecule has 2 heterocycles. The smallest absolute Gasteiger partial charge is 0 e. The van der Waals surface area contributed by atoms with Crippen molar-refractivity contribution in [3.05, 3.63) is 161 Å². The average Bonchev–Trinajstić information content (AvgIpc) is 3.23. The molecule has 4 aromatic carbocycles. The van der Waals surface area contributed by atoms with Crippen molar-refractivity contribution in [2.75, 3.05) is 38.9 Å². The van der Waals surface area contributed by atoms with E-state index in [1.165, 1.54) is 34.6 Å². The van der Waals surface area contributed by atoms with Gasteiger partial charge in [0, 0.05) is 77.3 Å². The molecule has 0 bridgehead atoms. The fourth-order valence-electron chi connectivity index (χ4n) is 5.46. The summed E-state index contributed by atoms with van der Waals surface area (Å²) in [7, 11) is 6.99. The Hall–Kier alpha value is -1.84. The molecule has 3 N–H and O–H groups in total. The standard InChI is InChI=1S/C19H20N2O2.C16H14BrN.C2H7NO.2C2H6.CO.CH4.2HI.2V/c1-13-11-16(14-7-5-4-6-8-14)17-12-15(9-10-18(17)20-13)19(22)21(2)23-3;1-11-9-14(12-5-3-2-4-6-12)15-10-13(17)7-8-16(15)18-11;1-3-4-2;3*1-2;;;;;/h4-10,12,16,20H,1,11H2,2-3H3;2-8,10,14,18H,1,9H2;3H,1-2H3;2*1-2H3;;1H4;2*1H;;/q;;;;;;;;;;+2/p-2. The number of hydrogen-bond donors (Lipinski definition) is 3. The molecule has 6 rings (SSSR count). The molecule has 0 spiro atoms. The number of hydrogen-bond acceptors (Lipinski definition) is 6. The summed E-state index contributed by atoms with van der Waals surface area (Å²) in [4.78, 5) is 21.6. The van der Waals surface area contributed by atoms with Gasteiger partial charge in [0.15, 0.2) is 0 Å². The average molecular weight is 1130 g/mol. The summed E-state index contributed by atoms with van der Waals surface area (Å²) < 4.78 is 8.62. The molecule has 8 nitrogen and oxygen atoms in total. The second-order valence-corrected chi connectivity index (χ2v) is 23.5. The number of hydroxylamine groups is 3. The van der Waals surface area contributed by atoms with Crippen LogP contribution in [0.3, 0.4) is 0 Å². The predicted molar refractivity (Wildman–Crippen MR) is 248 cm³/mol. The predicted octanol–water partition coefficient (Wildman–Crippen LogP) is 12.9. The Labute approximate surface area is 386 Å². The first-order valence-electron chi connectivity index (χ1n) is 17.2. The summed E-state index contributed by atoms with van der Waals surface area (Å²) in [5, 5.41) is 7.92. The quantitative estimate of drug-likeness (QED) is 0.0798. The number of rotatable bonds is 5. The van der Waals surface area contributed by atoms with Gasteiger partial charge in [0.25, 0.3) is 5.91 Å². The van der Waals surface area contributed by atoms with Gasteiger partial charge in [-0.15, -0.1) is 0 Å². The van der Waals surface area contributed by atoms with E-state index in [0.29, 0.717) is 20.9 Å². The van der Waals surface area contributed by atoms with Gasteiger partial charge >= 0.3 is 60.7 Å². The maximum Gasteiger partial charge on any atom is 0 e. The van der Waals surface area contributed by atoms with Gasteiger partial charge in [0.05, 0.1) is 14.2 Å². The van der Waals surface area contributed by atoms with Gasteiger partial charge in [0.1, 0.15) is 0 Å². The zero-order chi connectivity index (χ0) is 41.1. The van der Waals surface area contributed by atoms with Crippen LogP contribution in [0.2, 0.25) is 0 Å². The van der Waals surface area contributed by atoms with Crippen LogP contribution in [0, 0.1) is 6.65 Å². The van der Waals surface area contributed by atoms with E-state index in [4.69, 9.17) is 9.49 Å². The number of amides is 1. The molecule has 1 amide bonds. The number of anilines is 2. The van der Waals surface area contributed by atoms with Crippen LogP contribution in [0.4, 0.5) is 11.4 Å². The summed E-state index contributed by atoms with van der Waals surface area (Å²) >= 11 is 8.29. The third kappa shape index (κ3) is 19.7. The number of carbonyl (C=O) groups is 1. The molecule has 56 heavy (non-hydrogen) atoms. The normalized spacial score (nSPS) is 13.6. The van der Waals surface area contributed by atoms with E-state index in [1.54, 1.807) is 21.2 Å². The number of nitrogens with zero attached hydrogens (tertiary/aromatic N) is 1. The first-order valence-corrected chi connectivity index (χ1v) is 27.0. The van der Waals surface area contributed by atoms with Gasteiger partial charge in [-0.05, 0) is 71.5 Å². The molecule has 0 aromatic heterocycles. The van der Waals surface area contributed by atoms with E-state index >= 15 is 0 Å². The van der Waals surface area contributed by atoms with Crippen molar-refractivity contribution < 1.29 is 47.1 Å². The Kier molecular flexibility index (Phi) is 36.7. The van der Waals surface area contributed by atoms with E-state index in [0.717, 1.165) is 40.0 Å². The molecule has 304 valence electrons. The van der Waals surface area contributed by atoms with E-state index < -0.39 is 0 Å². The van der Waals surface area contributed by atoms with Crippen LogP contribution >= 0.6 is 55.9 Å². The second kappa shape index (κ2) is 35.1. The monoisotopic (exact) mass is 1130 g/mol. The number of fused-ring (bicyclic) bond motifs is 2. The van der Waals surface area contributed by atoms with Crippen LogP contribution < -0.4 is 16.1 Å². The SMILES string of the molecule is C.C=C1CC(c2ccccc2)c2cc(Br)ccc2N1.C=C1CC(c2ccccc2)c2cc(C(=O)N(C)OC)ccc2N1.CC.CC.CNOC.[C-]#[O+].[I][V][I].[V]. The molecule has 13 heteroatoms. The van der Waals surface area contributed by atoms with Gasteiger partial charge in [-0.2, -0.15) is 0 Å². The van der Waals surface area contributed by atoms with Crippen molar-refractivity contribution in [1.29, 1.82) is 0 Å². The molecule has 0 saturated carbocycles. The zero-order valence-corrected chi connectivity index (χ0v) is 41.5. The van der Waals surface area contributed by atoms with Crippen LogP contribution in [0.15, 0.2) is 126 Å². The van der Waals surface area contributed by atoms with Crippen molar-refractivity contribution in [2.45, 2.75) is 59.8 Å². The first-order chi connectivity index (χ1) is 26.2. The van der Waals surface area contributed by atoms with E-state index in [2.05, 4.69) is 157 Å². The van der Waals surface area contributed by atoms with E-state index in [9.17, 15) is 4.79 Å². The molecule has 0 aliphatic carbocycles. The summed E-state index contributed by atoms with van der Waals surface area (Å²) in [5.41, 5.74) is 12.3. The largest absolute Gasteiger partial charge is 0 e. The molecule has 0 fully saturated rings. The van der Waals surface area contributed by atoms with Gasteiger partial charge in [-0.3, -0.25) is 9.63 Å². The third-order valence-electron chi connectivity index (χ3n) is 7.75. The summed E-state index contributed by atoms with van der Waals surface area (Å²) in [5.74, 6) is 0.430. The van der Waals surface area contributed by atoms with Gasteiger partial charge in [-0.1, -0.05) is 125 Å². The molecule has 2 unspecified atom stereocenters. The van der Waals surface area contributed by atoms with Crippen molar-refractivity contribution in [3.8, 4) is 0 Å². The Balaban J connectivity index is -0.000000760. The number of halogens is 3. The fraction of sp³-hybridized carbons (Fsp3) is 0.302. The van der Waals surface area contributed by atoms with Crippen molar-refractivity contribution in [2.24, 2.45) is 0 Å². The molecule has 0 saturated heterocycles. The van der Waals surface area contributed by atoms with Gasteiger partial charge < -0.3 is 15.5 Å². The van der Waals surface area contributed by atoms with Gasteiger partial charge in [-0.25, -0.2) is 10.5 Å². The molecule has 2 aliphatic rings. The number of carbonyl (C=O) groups excluding carboxylic acids is 1. The maximum absolute atomic E-state index is 12.3. The molecular weight excluding hydrogens is 1070 g/mol. The minimum Gasteiger partial charge on any atom is 0 e. The molecule has 1 radical (unpaired) electrons. The molecular formula is C43H57BrI2N4O4V2. The minimum absolute atomic E-state index is 0. The maximum atomic E-state index is 12.3. The van der Waals surface area contributed by atoms with E-state index in [1.807, 2.05) is 64.1 Å². The van der Waals surface area contributed by atoms with Crippen LogP contribution in [-0.2, 0) is 42.3 Å². The van der Waals surface area contributed by atoms with Crippen LogP contribution in [0.1, 0.15) is 92.4 Å². The number of nitrogens with one attached hydrogen (secondary N) is 3. The summed E-state index contributed by atoms with van der Waals surface area (Å²) in [6.45, 7) is 20.7. The number of benzene rings is 4.